The van der Waals surface area contributed by atoms with Gasteiger partial charge in [-0.05, 0) is 56.2 Å². The van der Waals surface area contributed by atoms with Crippen molar-refractivity contribution in [2.24, 2.45) is 11.8 Å². The topological polar surface area (TPSA) is 27.3 Å². The zero-order valence-electron chi connectivity index (χ0n) is 14.4. The molecule has 3 nitrogen and oxygen atoms in total. The molecule has 0 bridgehead atoms. The summed E-state index contributed by atoms with van der Waals surface area (Å²) in [7, 11) is 0. The summed E-state index contributed by atoms with van der Waals surface area (Å²) in [5.74, 6) is 1.59. The van der Waals surface area contributed by atoms with Gasteiger partial charge in [-0.1, -0.05) is 37.1 Å². The van der Waals surface area contributed by atoms with Crippen molar-refractivity contribution >= 4 is 0 Å². The summed E-state index contributed by atoms with van der Waals surface area (Å²) in [5.41, 5.74) is 11.2. The van der Waals surface area contributed by atoms with Gasteiger partial charge in [0.2, 0.25) is 0 Å². The van der Waals surface area contributed by atoms with E-state index in [-0.39, 0.29) is 0 Å². The summed E-state index contributed by atoms with van der Waals surface area (Å²) in [6, 6.07) is 7.54. The van der Waals surface area contributed by atoms with Gasteiger partial charge in [0, 0.05) is 25.7 Å². The molecule has 3 atom stereocenters. The van der Waals surface area contributed by atoms with Gasteiger partial charge in [-0.15, -0.1) is 0 Å². The van der Waals surface area contributed by atoms with Gasteiger partial charge in [0.1, 0.15) is 0 Å². The Bertz CT molecular complexity index is 499. The molecule has 0 radical (unpaired) electrons. The molecular weight excluding hydrogens is 270 g/mol. The van der Waals surface area contributed by atoms with Gasteiger partial charge in [0.25, 0.3) is 0 Å². The van der Waals surface area contributed by atoms with Crippen molar-refractivity contribution in [1.29, 1.82) is 0 Å². The molecule has 1 aromatic rings. The number of hydrogen-bond acceptors (Lipinski definition) is 3. The minimum Gasteiger partial charge on any atom is -0.299 e. The third-order valence-electron chi connectivity index (χ3n) is 5.61. The first-order chi connectivity index (χ1) is 10.7. The van der Waals surface area contributed by atoms with E-state index in [1.54, 1.807) is 0 Å². The van der Waals surface area contributed by atoms with Gasteiger partial charge in [-0.3, -0.25) is 15.8 Å². The van der Waals surface area contributed by atoms with Crippen molar-refractivity contribution in [3.8, 4) is 0 Å². The van der Waals surface area contributed by atoms with Crippen molar-refractivity contribution in [3.63, 3.8) is 0 Å². The third-order valence-corrected chi connectivity index (χ3v) is 5.61. The first kappa shape index (κ1) is 16.0. The summed E-state index contributed by atoms with van der Waals surface area (Å²) in [6.07, 6.45) is 3.99. The Labute approximate surface area is 135 Å². The van der Waals surface area contributed by atoms with Crippen LogP contribution in [0.2, 0.25) is 0 Å². The predicted molar refractivity (Wildman–Crippen MR) is 92.6 cm³/mol. The Morgan fingerprint density at radius 2 is 2.14 bits per heavy atom. The van der Waals surface area contributed by atoms with Gasteiger partial charge in [-0.25, -0.2) is 0 Å². The average Bonchev–Trinajstić information content (AvgIpc) is 2.99. The Hall–Kier alpha value is -0.900. The summed E-state index contributed by atoms with van der Waals surface area (Å²) in [6.45, 7) is 11.5. The number of nitrogens with one attached hydrogen (secondary N) is 2. The van der Waals surface area contributed by atoms with Crippen molar-refractivity contribution in [3.05, 3.63) is 34.9 Å². The molecule has 0 amide bonds. The van der Waals surface area contributed by atoms with Crippen LogP contribution in [0.15, 0.2) is 18.2 Å². The summed E-state index contributed by atoms with van der Waals surface area (Å²) >= 11 is 0. The molecule has 2 saturated heterocycles. The van der Waals surface area contributed by atoms with E-state index in [0.29, 0.717) is 6.04 Å². The third kappa shape index (κ3) is 3.53. The van der Waals surface area contributed by atoms with Crippen LogP contribution in [0, 0.1) is 25.7 Å². The first-order valence-electron chi connectivity index (χ1n) is 8.94. The lowest BCUT2D eigenvalue weighted by Crippen LogP contribution is -2.46. The molecule has 3 rings (SSSR count). The SMILES string of the molecule is CCC1CNNC1C1CCCN(Cc2ccc(C)cc2C)C1. The zero-order chi connectivity index (χ0) is 15.5. The van der Waals surface area contributed by atoms with E-state index in [1.807, 2.05) is 0 Å². The molecule has 2 aliphatic rings. The van der Waals surface area contributed by atoms with Crippen LogP contribution in [0.1, 0.15) is 42.9 Å². The van der Waals surface area contributed by atoms with Crippen LogP contribution in [-0.2, 0) is 6.54 Å². The predicted octanol–water partition coefficient (Wildman–Crippen LogP) is 3.02. The molecule has 22 heavy (non-hydrogen) atoms. The molecule has 3 unspecified atom stereocenters. The lowest BCUT2D eigenvalue weighted by atomic mass is 9.83. The van der Waals surface area contributed by atoms with Gasteiger partial charge in [0.15, 0.2) is 0 Å². The monoisotopic (exact) mass is 301 g/mol. The van der Waals surface area contributed by atoms with E-state index in [1.165, 1.54) is 49.0 Å². The minimum atomic E-state index is 0.659. The smallest absolute Gasteiger partial charge is 0.0294 e. The molecular formula is C19H31N3. The molecule has 2 heterocycles. The number of hydrazine groups is 1. The zero-order valence-corrected chi connectivity index (χ0v) is 14.4. The van der Waals surface area contributed by atoms with Gasteiger partial charge < -0.3 is 0 Å². The molecule has 122 valence electrons. The fourth-order valence-electron chi connectivity index (χ4n) is 4.25. The Morgan fingerprint density at radius 1 is 1.27 bits per heavy atom. The summed E-state index contributed by atoms with van der Waals surface area (Å²) < 4.78 is 0. The van der Waals surface area contributed by atoms with Crippen LogP contribution in [0.25, 0.3) is 0 Å². The van der Waals surface area contributed by atoms with Crippen LogP contribution in [0.4, 0.5) is 0 Å². The maximum Gasteiger partial charge on any atom is 0.0294 e. The number of rotatable bonds is 4. The van der Waals surface area contributed by atoms with Crippen LogP contribution in [0.5, 0.6) is 0 Å². The van der Waals surface area contributed by atoms with Crippen LogP contribution < -0.4 is 10.9 Å². The molecule has 0 saturated carbocycles. The van der Waals surface area contributed by atoms with E-state index in [0.717, 1.165) is 24.9 Å². The quantitative estimate of drug-likeness (QED) is 0.895. The standard InChI is InChI=1S/C19H31N3/c1-4-16-11-20-21-19(16)18-6-5-9-22(13-18)12-17-8-7-14(2)10-15(17)3/h7-8,10,16,18-21H,4-6,9,11-13H2,1-3H3. The van der Waals surface area contributed by atoms with Crippen molar-refractivity contribution < 1.29 is 0 Å². The highest BCUT2D eigenvalue weighted by atomic mass is 15.4. The highest BCUT2D eigenvalue weighted by Crippen LogP contribution is 2.28. The van der Waals surface area contributed by atoms with Gasteiger partial charge in [-0.2, -0.15) is 0 Å². The van der Waals surface area contributed by atoms with Crippen molar-refractivity contribution in [2.45, 2.75) is 52.6 Å². The lowest BCUT2D eigenvalue weighted by Gasteiger charge is -2.37. The Morgan fingerprint density at radius 3 is 2.91 bits per heavy atom. The first-order valence-corrected chi connectivity index (χ1v) is 8.94. The van der Waals surface area contributed by atoms with Crippen LogP contribution in [0.3, 0.4) is 0 Å². The number of hydrogen-bond donors (Lipinski definition) is 2. The fraction of sp³-hybridized carbons (Fsp3) is 0.684. The van der Waals surface area contributed by atoms with Crippen LogP contribution >= 0.6 is 0 Å². The van der Waals surface area contributed by atoms with E-state index in [9.17, 15) is 0 Å². The summed E-state index contributed by atoms with van der Waals surface area (Å²) in [4.78, 5) is 2.67. The fourth-order valence-corrected chi connectivity index (χ4v) is 4.25. The Kier molecular flexibility index (Phi) is 5.17. The molecule has 0 aromatic heterocycles. The normalized spacial score (nSPS) is 29.9. The van der Waals surface area contributed by atoms with E-state index < -0.39 is 0 Å². The molecule has 0 spiro atoms. The maximum atomic E-state index is 3.55. The number of aryl methyl sites for hydroxylation is 2. The second kappa shape index (κ2) is 7.12. The highest BCUT2D eigenvalue weighted by molar-refractivity contribution is 5.30. The van der Waals surface area contributed by atoms with E-state index in [4.69, 9.17) is 0 Å². The van der Waals surface area contributed by atoms with Crippen molar-refractivity contribution in [2.75, 3.05) is 19.6 Å². The molecule has 2 fully saturated rings. The second-order valence-electron chi connectivity index (χ2n) is 7.29. The lowest BCUT2D eigenvalue weighted by molar-refractivity contribution is 0.131. The molecule has 1 aromatic carbocycles. The molecule has 2 N–H and O–H groups in total. The van der Waals surface area contributed by atoms with Gasteiger partial charge in [0.05, 0.1) is 0 Å². The highest BCUT2D eigenvalue weighted by Gasteiger charge is 2.34. The minimum absolute atomic E-state index is 0.659. The number of likely N-dealkylation sites (tertiary alicyclic amines) is 1. The van der Waals surface area contributed by atoms with Crippen molar-refractivity contribution in [1.82, 2.24) is 15.8 Å². The largest absolute Gasteiger partial charge is 0.299 e. The van der Waals surface area contributed by atoms with E-state index >= 15 is 0 Å². The second-order valence-corrected chi connectivity index (χ2v) is 7.29. The molecule has 0 aliphatic carbocycles. The molecule has 3 heteroatoms. The van der Waals surface area contributed by atoms with Crippen LogP contribution in [-0.4, -0.2) is 30.6 Å². The number of piperidine rings is 1. The molecule has 2 aliphatic heterocycles. The number of nitrogens with zero attached hydrogens (tertiary/aromatic N) is 1. The summed E-state index contributed by atoms with van der Waals surface area (Å²) in [5, 5.41) is 0. The Balaban J connectivity index is 1.63. The average molecular weight is 301 g/mol. The van der Waals surface area contributed by atoms with Gasteiger partial charge >= 0.3 is 0 Å². The van der Waals surface area contributed by atoms with E-state index in [2.05, 4.69) is 54.7 Å². The maximum absolute atomic E-state index is 3.55. The number of benzene rings is 1.